The average Bonchev–Trinajstić information content (AvgIpc) is 2.68. The summed E-state index contributed by atoms with van der Waals surface area (Å²) in [6, 6.07) is 13.6. The smallest absolute Gasteiger partial charge is 0.234 e. The topological polar surface area (TPSA) is 70.9 Å². The summed E-state index contributed by atoms with van der Waals surface area (Å²) in [5.41, 5.74) is 4.23. The first-order valence-corrected chi connectivity index (χ1v) is 9.28. The minimum absolute atomic E-state index is 0.238. The molecule has 1 fully saturated rings. The van der Waals surface area contributed by atoms with Crippen LogP contribution >= 0.6 is 11.6 Å². The molecule has 1 atom stereocenters. The highest BCUT2D eigenvalue weighted by Gasteiger charge is 2.30. The van der Waals surface area contributed by atoms with Crippen LogP contribution in [0.5, 0.6) is 0 Å². The van der Waals surface area contributed by atoms with Crippen molar-refractivity contribution in [3.05, 3.63) is 83.7 Å². The number of amides is 2. The highest BCUT2D eigenvalue weighted by Crippen LogP contribution is 2.37. The molecule has 0 spiro atoms. The Balaban J connectivity index is 1.83. The van der Waals surface area contributed by atoms with Crippen LogP contribution in [0, 0.1) is 0 Å². The van der Waals surface area contributed by atoms with Gasteiger partial charge in [0.15, 0.2) is 0 Å². The minimum atomic E-state index is -0.414. The molecule has 1 aliphatic heterocycles. The van der Waals surface area contributed by atoms with Crippen LogP contribution in [0.1, 0.15) is 29.9 Å². The van der Waals surface area contributed by atoms with Gasteiger partial charge in [-0.1, -0.05) is 67.2 Å². The van der Waals surface area contributed by atoms with Crippen LogP contribution in [0.2, 0.25) is 5.02 Å². The molecular weight excluding hydrogens is 374 g/mol. The molecule has 3 rings (SSSR count). The van der Waals surface area contributed by atoms with Gasteiger partial charge in [-0.15, -0.1) is 0 Å². The Labute approximate surface area is 168 Å². The zero-order chi connectivity index (χ0) is 20.1. The lowest BCUT2D eigenvalue weighted by atomic mass is 9.88. The maximum absolute atomic E-state index is 12.2. The number of piperidine rings is 1. The zero-order valence-electron chi connectivity index (χ0n) is 15.3. The van der Waals surface area contributed by atoms with E-state index in [0.29, 0.717) is 30.0 Å². The number of benzene rings is 2. The van der Waals surface area contributed by atoms with E-state index in [2.05, 4.69) is 28.7 Å². The summed E-state index contributed by atoms with van der Waals surface area (Å²) < 4.78 is 0. The zero-order valence-corrected chi connectivity index (χ0v) is 16.1. The molecule has 0 saturated carbocycles. The molecule has 1 N–H and O–H groups in total. The van der Waals surface area contributed by atoms with E-state index in [1.54, 1.807) is 0 Å². The summed E-state index contributed by atoms with van der Waals surface area (Å²) in [7, 11) is 0. The molecule has 142 valence electrons. The van der Waals surface area contributed by atoms with Gasteiger partial charge in [0.05, 0.1) is 16.6 Å². The summed E-state index contributed by atoms with van der Waals surface area (Å²) >= 11 is 6.64. The Morgan fingerprint density at radius 2 is 1.96 bits per heavy atom. The minimum Gasteiger partial charge on any atom is -0.296 e. The lowest BCUT2D eigenvalue weighted by molar-refractivity contribution is -0.134. The van der Waals surface area contributed by atoms with Gasteiger partial charge in [0.25, 0.3) is 0 Å². The van der Waals surface area contributed by atoms with Gasteiger partial charge < -0.3 is 0 Å². The first kappa shape index (κ1) is 19.7. The lowest BCUT2D eigenvalue weighted by Gasteiger charge is -2.23. The summed E-state index contributed by atoms with van der Waals surface area (Å²) in [4.78, 5) is 23.6. The largest absolute Gasteiger partial charge is 0.296 e. The van der Waals surface area contributed by atoms with Gasteiger partial charge >= 0.3 is 0 Å². The quantitative estimate of drug-likeness (QED) is 0.542. The van der Waals surface area contributed by atoms with Crippen molar-refractivity contribution >= 4 is 23.4 Å². The predicted molar refractivity (Wildman–Crippen MR) is 110 cm³/mol. The second-order valence-electron chi connectivity index (χ2n) is 6.55. The average molecular weight is 394 g/mol. The molecule has 0 radical (unpaired) electrons. The highest BCUT2D eigenvalue weighted by molar-refractivity contribution is 6.34. The van der Waals surface area contributed by atoms with Gasteiger partial charge in [0.1, 0.15) is 0 Å². The lowest BCUT2D eigenvalue weighted by Crippen LogP contribution is -2.39. The van der Waals surface area contributed by atoms with E-state index in [4.69, 9.17) is 11.6 Å². The van der Waals surface area contributed by atoms with E-state index < -0.39 is 5.92 Å². The number of allylic oxidation sites excluding steroid dienone is 1. The number of carbonyl (C=O) groups is 2. The van der Waals surface area contributed by atoms with E-state index in [-0.39, 0.29) is 11.8 Å². The van der Waals surface area contributed by atoms with Crippen LogP contribution in [0.4, 0.5) is 0 Å². The Bertz CT molecular complexity index is 964. The fraction of sp³-hybridized carbons (Fsp3) is 0.182. The van der Waals surface area contributed by atoms with Crippen LogP contribution in [-0.4, -0.2) is 11.8 Å². The Hall–Kier alpha value is -3.05. The van der Waals surface area contributed by atoms with E-state index >= 15 is 0 Å². The number of carbonyl (C=O) groups excluding carboxylic acids is 2. The number of rotatable bonds is 6. The van der Waals surface area contributed by atoms with Crippen molar-refractivity contribution in [1.29, 1.82) is 0 Å². The summed E-state index contributed by atoms with van der Waals surface area (Å²) in [5.74, 6) is -0.945. The molecule has 2 aromatic rings. The van der Waals surface area contributed by atoms with Crippen molar-refractivity contribution in [2.75, 3.05) is 0 Å². The standard InChI is InChI=1S/C22H20ClN3O2/c1-3-24-26-14(2)13-15-7-9-16(10-8-15)17-5-4-6-18(21(17)23)19-11-12-20(27)25-22(19)28/h3-10,19H,1-2,11-13H2,(H,25,27,28). The number of hydrogen-bond acceptors (Lipinski definition) is 4. The molecule has 1 unspecified atom stereocenters. The summed E-state index contributed by atoms with van der Waals surface area (Å²) in [6.07, 6.45) is 2.74. The molecule has 2 amide bonds. The maximum Gasteiger partial charge on any atom is 0.234 e. The van der Waals surface area contributed by atoms with Crippen molar-refractivity contribution < 1.29 is 9.59 Å². The van der Waals surface area contributed by atoms with Crippen molar-refractivity contribution in [3.8, 4) is 11.1 Å². The molecule has 1 heterocycles. The van der Waals surface area contributed by atoms with Gasteiger partial charge in [-0.3, -0.25) is 14.9 Å². The molecule has 2 aromatic carbocycles. The third-order valence-electron chi connectivity index (χ3n) is 4.60. The highest BCUT2D eigenvalue weighted by atomic mass is 35.5. The van der Waals surface area contributed by atoms with Crippen LogP contribution in [0.15, 0.2) is 77.7 Å². The number of halogens is 1. The number of nitrogens with zero attached hydrogens (tertiary/aromatic N) is 2. The van der Waals surface area contributed by atoms with Crippen molar-refractivity contribution in [1.82, 2.24) is 5.32 Å². The van der Waals surface area contributed by atoms with E-state index in [9.17, 15) is 9.59 Å². The van der Waals surface area contributed by atoms with Gasteiger partial charge in [-0.05, 0) is 23.1 Å². The monoisotopic (exact) mass is 393 g/mol. The van der Waals surface area contributed by atoms with Crippen LogP contribution < -0.4 is 5.32 Å². The summed E-state index contributed by atoms with van der Waals surface area (Å²) in [5, 5.41) is 10.6. The first-order valence-electron chi connectivity index (χ1n) is 8.90. The first-order chi connectivity index (χ1) is 13.5. The van der Waals surface area contributed by atoms with Crippen LogP contribution in [-0.2, 0) is 16.0 Å². The third kappa shape index (κ3) is 4.43. The molecule has 28 heavy (non-hydrogen) atoms. The SMILES string of the molecule is C=CN=NC(=C)Cc1ccc(-c2cccc(C3CCC(=O)NC3=O)c2Cl)cc1. The number of hydrogen-bond donors (Lipinski definition) is 1. The van der Waals surface area contributed by atoms with E-state index in [0.717, 1.165) is 22.3 Å². The van der Waals surface area contributed by atoms with Gasteiger partial charge in [-0.25, -0.2) is 0 Å². The molecule has 1 aliphatic rings. The number of azo groups is 1. The van der Waals surface area contributed by atoms with Crippen molar-refractivity contribution in [2.45, 2.75) is 25.2 Å². The van der Waals surface area contributed by atoms with Gasteiger partial charge in [0.2, 0.25) is 11.8 Å². The number of nitrogens with one attached hydrogen (secondary N) is 1. The normalized spacial score (nSPS) is 16.8. The Morgan fingerprint density at radius 1 is 1.21 bits per heavy atom. The second kappa shape index (κ2) is 8.76. The van der Waals surface area contributed by atoms with E-state index in [1.807, 2.05) is 42.5 Å². The van der Waals surface area contributed by atoms with Gasteiger partial charge in [-0.2, -0.15) is 10.2 Å². The van der Waals surface area contributed by atoms with Crippen LogP contribution in [0.3, 0.4) is 0 Å². The molecule has 5 nitrogen and oxygen atoms in total. The molecular formula is C22H20ClN3O2. The van der Waals surface area contributed by atoms with Crippen LogP contribution in [0.25, 0.3) is 11.1 Å². The molecule has 0 aromatic heterocycles. The van der Waals surface area contributed by atoms with E-state index in [1.165, 1.54) is 6.20 Å². The third-order valence-corrected chi connectivity index (χ3v) is 5.02. The fourth-order valence-corrected chi connectivity index (χ4v) is 3.59. The van der Waals surface area contributed by atoms with Crippen molar-refractivity contribution in [3.63, 3.8) is 0 Å². The maximum atomic E-state index is 12.2. The Kier molecular flexibility index (Phi) is 6.16. The Morgan fingerprint density at radius 3 is 2.64 bits per heavy atom. The molecule has 1 saturated heterocycles. The molecule has 0 bridgehead atoms. The predicted octanol–water partition coefficient (Wildman–Crippen LogP) is 5.18. The molecule has 6 heteroatoms. The number of imide groups is 1. The second-order valence-corrected chi connectivity index (χ2v) is 6.93. The fourth-order valence-electron chi connectivity index (χ4n) is 3.23. The van der Waals surface area contributed by atoms with Crippen molar-refractivity contribution in [2.24, 2.45) is 10.2 Å². The molecule has 0 aliphatic carbocycles. The van der Waals surface area contributed by atoms with Gasteiger partial charge in [0, 0.05) is 24.6 Å². The summed E-state index contributed by atoms with van der Waals surface area (Å²) in [6.45, 7) is 7.35.